The first kappa shape index (κ1) is 13.2. The summed E-state index contributed by atoms with van der Waals surface area (Å²) in [7, 11) is 0. The van der Waals surface area contributed by atoms with Crippen molar-refractivity contribution in [3.8, 4) is 11.5 Å². The van der Waals surface area contributed by atoms with Crippen LogP contribution in [0.3, 0.4) is 0 Å². The van der Waals surface area contributed by atoms with E-state index < -0.39 is 16.7 Å². The molecule has 0 bridgehead atoms. The maximum atomic E-state index is 12.0. The Bertz CT molecular complexity index is 644. The van der Waals surface area contributed by atoms with Crippen LogP contribution >= 0.6 is 0 Å². The van der Waals surface area contributed by atoms with Crippen LogP contribution in [0.2, 0.25) is 0 Å². The second-order valence-corrected chi connectivity index (χ2v) is 4.67. The lowest BCUT2D eigenvalue weighted by Gasteiger charge is -2.10. The number of nitrogens with one attached hydrogen (secondary N) is 2. The van der Waals surface area contributed by atoms with E-state index in [0.29, 0.717) is 5.75 Å². The molecule has 2 aliphatic rings. The van der Waals surface area contributed by atoms with E-state index in [4.69, 9.17) is 9.47 Å². The molecule has 3 rings (SSSR count). The van der Waals surface area contributed by atoms with Gasteiger partial charge in [0.25, 0.3) is 5.69 Å². The number of nitro groups is 1. The van der Waals surface area contributed by atoms with Crippen molar-refractivity contribution in [2.45, 2.75) is 6.42 Å². The van der Waals surface area contributed by atoms with E-state index in [1.807, 2.05) is 0 Å². The molecule has 1 fully saturated rings. The van der Waals surface area contributed by atoms with E-state index in [1.165, 1.54) is 12.1 Å². The molecule has 0 spiro atoms. The first-order chi connectivity index (χ1) is 10.0. The number of carbonyl (C=O) groups is 2. The van der Waals surface area contributed by atoms with Crippen molar-refractivity contribution in [3.05, 3.63) is 22.2 Å². The molecule has 110 valence electrons. The van der Waals surface area contributed by atoms with Crippen LogP contribution in [0.4, 0.5) is 11.4 Å². The van der Waals surface area contributed by atoms with Crippen LogP contribution < -0.4 is 20.1 Å². The highest BCUT2D eigenvalue weighted by Crippen LogP contribution is 2.40. The van der Waals surface area contributed by atoms with E-state index in [1.54, 1.807) is 0 Å². The molecule has 9 nitrogen and oxygen atoms in total. The fourth-order valence-corrected chi connectivity index (χ4v) is 2.21. The maximum absolute atomic E-state index is 12.0. The van der Waals surface area contributed by atoms with Gasteiger partial charge in [-0.3, -0.25) is 19.7 Å². The Balaban J connectivity index is 1.85. The monoisotopic (exact) mass is 293 g/mol. The van der Waals surface area contributed by atoms with Crippen LogP contribution in [-0.2, 0) is 9.59 Å². The van der Waals surface area contributed by atoms with Crippen molar-refractivity contribution in [2.24, 2.45) is 5.92 Å². The number of hydrogen-bond donors (Lipinski definition) is 2. The van der Waals surface area contributed by atoms with Crippen molar-refractivity contribution in [3.63, 3.8) is 0 Å². The van der Waals surface area contributed by atoms with Crippen LogP contribution in [0.1, 0.15) is 6.42 Å². The molecule has 1 saturated heterocycles. The topological polar surface area (TPSA) is 120 Å². The van der Waals surface area contributed by atoms with Gasteiger partial charge in [0, 0.05) is 19.0 Å². The second-order valence-electron chi connectivity index (χ2n) is 4.67. The van der Waals surface area contributed by atoms with E-state index >= 15 is 0 Å². The average molecular weight is 293 g/mol. The normalized spacial score (nSPS) is 19.2. The van der Waals surface area contributed by atoms with Gasteiger partial charge in [0.2, 0.25) is 18.6 Å². The van der Waals surface area contributed by atoms with Crippen LogP contribution in [0.25, 0.3) is 0 Å². The molecule has 0 aromatic heterocycles. The van der Waals surface area contributed by atoms with Gasteiger partial charge < -0.3 is 20.1 Å². The number of nitrogens with zero attached hydrogens (tertiary/aromatic N) is 1. The molecule has 9 heteroatoms. The summed E-state index contributed by atoms with van der Waals surface area (Å²) in [4.78, 5) is 33.6. The quantitative estimate of drug-likeness (QED) is 0.614. The Hall–Kier alpha value is -2.84. The third-order valence-corrected chi connectivity index (χ3v) is 3.29. The lowest BCUT2D eigenvalue weighted by Crippen LogP contribution is -2.25. The summed E-state index contributed by atoms with van der Waals surface area (Å²) in [5.74, 6) is -0.609. The molecule has 21 heavy (non-hydrogen) atoms. The van der Waals surface area contributed by atoms with Gasteiger partial charge in [0.15, 0.2) is 11.5 Å². The van der Waals surface area contributed by atoms with Crippen LogP contribution in [0.15, 0.2) is 12.1 Å². The molecule has 2 N–H and O–H groups in total. The predicted octanol–water partition coefficient (Wildman–Crippen LogP) is 0.398. The Morgan fingerprint density at radius 2 is 2.10 bits per heavy atom. The zero-order valence-corrected chi connectivity index (χ0v) is 10.8. The van der Waals surface area contributed by atoms with Gasteiger partial charge in [0.1, 0.15) is 5.69 Å². The lowest BCUT2D eigenvalue weighted by atomic mass is 10.1. The van der Waals surface area contributed by atoms with Crippen molar-refractivity contribution in [1.82, 2.24) is 5.32 Å². The number of nitro benzene ring substituents is 1. The highest BCUT2D eigenvalue weighted by atomic mass is 16.7. The Kier molecular flexibility index (Phi) is 3.09. The number of anilines is 1. The fraction of sp³-hybridized carbons (Fsp3) is 0.333. The minimum absolute atomic E-state index is 0.0219. The molecule has 0 radical (unpaired) electrons. The fourth-order valence-electron chi connectivity index (χ4n) is 2.21. The van der Waals surface area contributed by atoms with Crippen molar-refractivity contribution >= 4 is 23.2 Å². The first-order valence-electron chi connectivity index (χ1n) is 6.20. The molecule has 2 amide bonds. The van der Waals surface area contributed by atoms with Gasteiger partial charge in [0.05, 0.1) is 16.9 Å². The number of amides is 2. The minimum Gasteiger partial charge on any atom is -0.454 e. The molecule has 2 heterocycles. The second kappa shape index (κ2) is 4.93. The summed E-state index contributed by atoms with van der Waals surface area (Å²) < 4.78 is 10.2. The molecule has 1 unspecified atom stereocenters. The van der Waals surface area contributed by atoms with Gasteiger partial charge in [-0.15, -0.1) is 0 Å². The Morgan fingerprint density at radius 3 is 2.71 bits per heavy atom. The van der Waals surface area contributed by atoms with E-state index in [9.17, 15) is 19.7 Å². The summed E-state index contributed by atoms with van der Waals surface area (Å²) in [6.45, 7) is 0.202. The van der Waals surface area contributed by atoms with Gasteiger partial charge >= 0.3 is 0 Å². The van der Waals surface area contributed by atoms with E-state index in [-0.39, 0.29) is 42.8 Å². The maximum Gasteiger partial charge on any atom is 0.296 e. The highest BCUT2D eigenvalue weighted by Gasteiger charge is 2.30. The van der Waals surface area contributed by atoms with Crippen LogP contribution in [0, 0.1) is 16.0 Å². The number of ether oxygens (including phenoxy) is 2. The lowest BCUT2D eigenvalue weighted by molar-refractivity contribution is -0.384. The molecule has 0 saturated carbocycles. The van der Waals surface area contributed by atoms with Gasteiger partial charge in [-0.25, -0.2) is 0 Å². The summed E-state index contributed by atoms with van der Waals surface area (Å²) in [6, 6.07) is 2.55. The largest absolute Gasteiger partial charge is 0.454 e. The van der Waals surface area contributed by atoms with Crippen LogP contribution in [0.5, 0.6) is 11.5 Å². The van der Waals surface area contributed by atoms with Crippen molar-refractivity contribution in [1.29, 1.82) is 0 Å². The molecule has 0 aliphatic carbocycles. The number of hydrogen-bond acceptors (Lipinski definition) is 6. The first-order valence-corrected chi connectivity index (χ1v) is 6.20. The van der Waals surface area contributed by atoms with Gasteiger partial charge in [-0.05, 0) is 0 Å². The average Bonchev–Trinajstić information content (AvgIpc) is 3.05. The van der Waals surface area contributed by atoms with Gasteiger partial charge in [-0.1, -0.05) is 0 Å². The summed E-state index contributed by atoms with van der Waals surface area (Å²) in [5.41, 5.74) is -0.265. The van der Waals surface area contributed by atoms with Crippen LogP contribution in [-0.4, -0.2) is 30.1 Å². The predicted molar refractivity (Wildman–Crippen MR) is 69.0 cm³/mol. The zero-order valence-electron chi connectivity index (χ0n) is 10.8. The Morgan fingerprint density at radius 1 is 1.38 bits per heavy atom. The van der Waals surface area contributed by atoms with Crippen molar-refractivity contribution < 1.29 is 24.0 Å². The SMILES string of the molecule is O=C1CC(C(=O)Nc2cc3c(cc2[N+](=O)[O-])OCO3)CN1. The zero-order chi connectivity index (χ0) is 15.0. The molecular weight excluding hydrogens is 282 g/mol. The third kappa shape index (κ3) is 2.45. The smallest absolute Gasteiger partial charge is 0.296 e. The molecule has 1 aromatic rings. The van der Waals surface area contributed by atoms with Gasteiger partial charge in [-0.2, -0.15) is 0 Å². The number of fused-ring (bicyclic) bond motifs is 1. The number of rotatable bonds is 3. The molecule has 2 aliphatic heterocycles. The summed E-state index contributed by atoms with van der Waals surface area (Å²) >= 11 is 0. The van der Waals surface area contributed by atoms with E-state index in [2.05, 4.69) is 10.6 Å². The molecule has 1 aromatic carbocycles. The standard InChI is InChI=1S/C12H11N3O6/c16-11-1-6(4-13-11)12(17)14-7-2-9-10(21-5-20-9)3-8(7)15(18)19/h2-3,6H,1,4-5H2,(H,13,16)(H,14,17). The molecular formula is C12H11N3O6. The summed E-state index contributed by atoms with van der Waals surface area (Å²) in [6.07, 6.45) is 0.0736. The number of carbonyl (C=O) groups excluding carboxylic acids is 2. The van der Waals surface area contributed by atoms with Crippen molar-refractivity contribution in [2.75, 3.05) is 18.7 Å². The highest BCUT2D eigenvalue weighted by molar-refractivity contribution is 5.99. The Labute approximate surface area is 118 Å². The third-order valence-electron chi connectivity index (χ3n) is 3.29. The minimum atomic E-state index is -0.615. The molecule has 1 atom stereocenters. The van der Waals surface area contributed by atoms with E-state index in [0.717, 1.165) is 0 Å². The number of benzene rings is 1. The summed E-state index contributed by atoms with van der Waals surface area (Å²) in [5, 5.41) is 16.1.